The van der Waals surface area contributed by atoms with E-state index in [2.05, 4.69) is 11.3 Å². The number of ether oxygens (including phenoxy) is 1. The summed E-state index contributed by atoms with van der Waals surface area (Å²) in [4.78, 5) is 22.5. The Hall–Kier alpha value is -1.90. The number of carbonyl (C=O) groups excluding carboxylic acids is 2. The lowest BCUT2D eigenvalue weighted by Gasteiger charge is -2.01. The van der Waals surface area contributed by atoms with E-state index in [4.69, 9.17) is 0 Å². The topological polar surface area (TPSA) is 43.4 Å². The maximum atomic E-state index is 11.6. The molecule has 0 amide bonds. The third kappa shape index (κ3) is 3.35. The fourth-order valence-electron chi connectivity index (χ4n) is 1.27. The SMILES string of the molecule is C=Cc1ccc(C(=O)CCC(=O)OC)cc1. The van der Waals surface area contributed by atoms with Gasteiger partial charge in [0.2, 0.25) is 0 Å². The van der Waals surface area contributed by atoms with Gasteiger partial charge in [0, 0.05) is 12.0 Å². The summed E-state index contributed by atoms with van der Waals surface area (Å²) in [6.07, 6.45) is 2.02. The molecule has 0 aliphatic rings. The van der Waals surface area contributed by atoms with Crippen LogP contribution in [0.4, 0.5) is 0 Å². The van der Waals surface area contributed by atoms with Gasteiger partial charge in [0.05, 0.1) is 13.5 Å². The highest BCUT2D eigenvalue weighted by Gasteiger charge is 2.08. The molecule has 0 saturated heterocycles. The fourth-order valence-corrected chi connectivity index (χ4v) is 1.27. The van der Waals surface area contributed by atoms with Crippen LogP contribution in [0.1, 0.15) is 28.8 Å². The Balaban J connectivity index is 2.59. The molecule has 16 heavy (non-hydrogen) atoms. The Morgan fingerprint density at radius 2 is 1.88 bits per heavy atom. The van der Waals surface area contributed by atoms with Gasteiger partial charge in [-0.2, -0.15) is 0 Å². The number of ketones is 1. The number of hydrogen-bond acceptors (Lipinski definition) is 3. The minimum atomic E-state index is -0.365. The second kappa shape index (κ2) is 5.85. The maximum absolute atomic E-state index is 11.6. The first-order valence-corrected chi connectivity index (χ1v) is 5.00. The number of hydrogen-bond donors (Lipinski definition) is 0. The molecule has 84 valence electrons. The van der Waals surface area contributed by atoms with Gasteiger partial charge in [0.1, 0.15) is 0 Å². The molecule has 1 rings (SSSR count). The van der Waals surface area contributed by atoms with Crippen LogP contribution in [0, 0.1) is 0 Å². The van der Waals surface area contributed by atoms with E-state index in [9.17, 15) is 9.59 Å². The van der Waals surface area contributed by atoms with Crippen molar-refractivity contribution in [3.8, 4) is 0 Å². The van der Waals surface area contributed by atoms with Crippen LogP contribution < -0.4 is 0 Å². The van der Waals surface area contributed by atoms with E-state index >= 15 is 0 Å². The quantitative estimate of drug-likeness (QED) is 0.563. The molecule has 3 heteroatoms. The summed E-state index contributed by atoms with van der Waals surface area (Å²) in [5, 5.41) is 0. The van der Waals surface area contributed by atoms with Crippen LogP contribution in [-0.2, 0) is 9.53 Å². The van der Waals surface area contributed by atoms with E-state index < -0.39 is 0 Å². The summed E-state index contributed by atoms with van der Waals surface area (Å²) in [5.41, 5.74) is 1.57. The van der Waals surface area contributed by atoms with Crippen LogP contribution in [0.2, 0.25) is 0 Å². The maximum Gasteiger partial charge on any atom is 0.305 e. The van der Waals surface area contributed by atoms with Gasteiger partial charge in [0.25, 0.3) is 0 Å². The Morgan fingerprint density at radius 3 is 2.38 bits per heavy atom. The van der Waals surface area contributed by atoms with Crippen molar-refractivity contribution in [3.63, 3.8) is 0 Å². The molecule has 0 spiro atoms. The molecular weight excluding hydrogens is 204 g/mol. The molecule has 0 unspecified atom stereocenters. The lowest BCUT2D eigenvalue weighted by Crippen LogP contribution is -2.05. The molecule has 1 aromatic rings. The predicted octanol–water partition coefficient (Wildman–Crippen LogP) is 2.47. The second-order valence-corrected chi connectivity index (χ2v) is 3.33. The number of esters is 1. The minimum absolute atomic E-state index is 0.0546. The molecule has 0 N–H and O–H groups in total. The second-order valence-electron chi connectivity index (χ2n) is 3.33. The Kier molecular flexibility index (Phi) is 4.45. The zero-order valence-electron chi connectivity index (χ0n) is 9.23. The van der Waals surface area contributed by atoms with Crippen LogP contribution in [0.5, 0.6) is 0 Å². The van der Waals surface area contributed by atoms with Crippen molar-refractivity contribution < 1.29 is 14.3 Å². The van der Waals surface area contributed by atoms with Crippen LogP contribution in [0.25, 0.3) is 6.08 Å². The summed E-state index contributed by atoms with van der Waals surface area (Å²) >= 11 is 0. The lowest BCUT2D eigenvalue weighted by atomic mass is 10.0. The first-order valence-electron chi connectivity index (χ1n) is 5.00. The summed E-state index contributed by atoms with van der Waals surface area (Å²) < 4.78 is 4.47. The van der Waals surface area contributed by atoms with Gasteiger partial charge in [-0.25, -0.2) is 0 Å². The van der Waals surface area contributed by atoms with Gasteiger partial charge in [-0.05, 0) is 5.56 Å². The number of rotatable bonds is 5. The average molecular weight is 218 g/mol. The molecule has 0 heterocycles. The van der Waals surface area contributed by atoms with E-state index in [1.807, 2.05) is 12.1 Å². The molecule has 0 atom stereocenters. The van der Waals surface area contributed by atoms with Crippen LogP contribution >= 0.6 is 0 Å². The van der Waals surface area contributed by atoms with Crippen LogP contribution in [0.3, 0.4) is 0 Å². The van der Waals surface area contributed by atoms with Crippen molar-refractivity contribution >= 4 is 17.8 Å². The van der Waals surface area contributed by atoms with E-state index in [1.165, 1.54) is 7.11 Å². The van der Waals surface area contributed by atoms with Crippen LogP contribution in [-0.4, -0.2) is 18.9 Å². The number of carbonyl (C=O) groups is 2. The van der Waals surface area contributed by atoms with Crippen LogP contribution in [0.15, 0.2) is 30.8 Å². The lowest BCUT2D eigenvalue weighted by molar-refractivity contribution is -0.140. The molecular formula is C13H14O3. The number of Topliss-reactive ketones (excluding diaryl/α,β-unsaturated/α-hetero) is 1. The molecule has 0 aliphatic heterocycles. The van der Waals surface area contributed by atoms with Gasteiger partial charge >= 0.3 is 5.97 Å². The van der Waals surface area contributed by atoms with Gasteiger partial charge in [-0.1, -0.05) is 36.9 Å². The summed E-state index contributed by atoms with van der Waals surface area (Å²) in [6, 6.07) is 7.10. The molecule has 0 aromatic heterocycles. The Bertz CT molecular complexity index is 390. The zero-order chi connectivity index (χ0) is 12.0. The number of benzene rings is 1. The summed E-state index contributed by atoms with van der Waals surface area (Å²) in [7, 11) is 1.31. The smallest absolute Gasteiger partial charge is 0.305 e. The monoisotopic (exact) mass is 218 g/mol. The van der Waals surface area contributed by atoms with Crippen molar-refractivity contribution in [3.05, 3.63) is 42.0 Å². The molecule has 0 radical (unpaired) electrons. The third-order valence-electron chi connectivity index (χ3n) is 2.25. The van der Waals surface area contributed by atoms with E-state index in [0.29, 0.717) is 5.56 Å². The Morgan fingerprint density at radius 1 is 1.25 bits per heavy atom. The van der Waals surface area contributed by atoms with Crippen molar-refractivity contribution in [2.75, 3.05) is 7.11 Å². The van der Waals surface area contributed by atoms with Gasteiger partial charge in [-0.15, -0.1) is 0 Å². The standard InChI is InChI=1S/C13H14O3/c1-3-10-4-6-11(7-5-10)12(14)8-9-13(15)16-2/h3-7H,1,8-9H2,2H3. The predicted molar refractivity (Wildman–Crippen MR) is 62.1 cm³/mol. The first-order chi connectivity index (χ1) is 7.67. The highest BCUT2D eigenvalue weighted by molar-refractivity contribution is 5.97. The van der Waals surface area contributed by atoms with E-state index in [1.54, 1.807) is 18.2 Å². The van der Waals surface area contributed by atoms with Gasteiger partial charge in [0.15, 0.2) is 5.78 Å². The summed E-state index contributed by atoms with van der Waals surface area (Å²) in [5.74, 6) is -0.419. The first kappa shape index (κ1) is 12.2. The van der Waals surface area contributed by atoms with E-state index in [-0.39, 0.29) is 24.6 Å². The molecule has 3 nitrogen and oxygen atoms in total. The molecule has 0 saturated carbocycles. The Labute approximate surface area is 94.7 Å². The average Bonchev–Trinajstić information content (AvgIpc) is 2.35. The largest absolute Gasteiger partial charge is 0.469 e. The highest BCUT2D eigenvalue weighted by Crippen LogP contribution is 2.09. The molecule has 0 fully saturated rings. The van der Waals surface area contributed by atoms with Gasteiger partial charge < -0.3 is 4.74 Å². The minimum Gasteiger partial charge on any atom is -0.469 e. The highest BCUT2D eigenvalue weighted by atomic mass is 16.5. The summed E-state index contributed by atoms with van der Waals surface area (Å²) in [6.45, 7) is 3.63. The van der Waals surface area contributed by atoms with Crippen molar-refractivity contribution in [1.82, 2.24) is 0 Å². The van der Waals surface area contributed by atoms with E-state index in [0.717, 1.165) is 5.56 Å². The van der Waals surface area contributed by atoms with Crippen molar-refractivity contribution in [1.29, 1.82) is 0 Å². The van der Waals surface area contributed by atoms with Crippen molar-refractivity contribution in [2.24, 2.45) is 0 Å². The normalized spacial score (nSPS) is 9.56. The van der Waals surface area contributed by atoms with Crippen molar-refractivity contribution in [2.45, 2.75) is 12.8 Å². The fraction of sp³-hybridized carbons (Fsp3) is 0.231. The molecule has 0 bridgehead atoms. The zero-order valence-corrected chi connectivity index (χ0v) is 9.23. The molecule has 0 aliphatic carbocycles. The van der Waals surface area contributed by atoms with Gasteiger partial charge in [-0.3, -0.25) is 9.59 Å². The third-order valence-corrected chi connectivity index (χ3v) is 2.25. The molecule has 1 aromatic carbocycles. The number of methoxy groups -OCH3 is 1.